The number of methoxy groups -OCH3 is 1. The van der Waals surface area contributed by atoms with E-state index in [1.54, 1.807) is 29.2 Å². The Kier molecular flexibility index (Phi) is 6.97. The van der Waals surface area contributed by atoms with Crippen molar-refractivity contribution in [3.05, 3.63) is 48.0 Å². The number of carbonyl (C=O) groups excluding carboxylic acids is 2. The summed E-state index contributed by atoms with van der Waals surface area (Å²) in [4.78, 5) is 26.2. The molecule has 2 aromatic carbocycles. The fraction of sp³-hybridized carbons (Fsp3) is 0.364. The van der Waals surface area contributed by atoms with E-state index in [0.717, 1.165) is 23.0 Å². The van der Waals surface area contributed by atoms with Gasteiger partial charge in [-0.3, -0.25) is 9.59 Å². The Hall–Kier alpha value is -2.91. The molecule has 1 saturated heterocycles. The van der Waals surface area contributed by atoms with Gasteiger partial charge in [0.25, 0.3) is 0 Å². The van der Waals surface area contributed by atoms with Crippen molar-refractivity contribution in [3.8, 4) is 5.75 Å². The highest BCUT2D eigenvalue weighted by Gasteiger charge is 2.22. The van der Waals surface area contributed by atoms with E-state index in [0.29, 0.717) is 29.8 Å². The van der Waals surface area contributed by atoms with Crippen LogP contribution < -0.4 is 15.0 Å². The summed E-state index contributed by atoms with van der Waals surface area (Å²) in [6, 6.07) is 11.8. The molecule has 0 saturated carbocycles. The van der Waals surface area contributed by atoms with Gasteiger partial charge in [-0.15, -0.1) is 0 Å². The Labute approximate surface area is 182 Å². The van der Waals surface area contributed by atoms with Crippen molar-refractivity contribution < 1.29 is 22.7 Å². The van der Waals surface area contributed by atoms with Crippen molar-refractivity contribution in [2.75, 3.05) is 38.0 Å². The van der Waals surface area contributed by atoms with E-state index >= 15 is 0 Å². The molecule has 1 heterocycles. The summed E-state index contributed by atoms with van der Waals surface area (Å²) in [5, 5.41) is 2.83. The number of aryl methyl sites for hydroxylation is 1. The lowest BCUT2D eigenvalue weighted by Gasteiger charge is -2.16. The van der Waals surface area contributed by atoms with Gasteiger partial charge in [0.1, 0.15) is 5.75 Å². The lowest BCUT2D eigenvalue weighted by atomic mass is 10.1. The molecule has 2 amide bonds. The second-order valence-corrected chi connectivity index (χ2v) is 9.66. The summed E-state index contributed by atoms with van der Waals surface area (Å²) < 4.78 is 31.2. The fourth-order valence-corrected chi connectivity index (χ4v) is 4.39. The van der Waals surface area contributed by atoms with Crippen LogP contribution >= 0.6 is 0 Å². The minimum absolute atomic E-state index is 0.115. The molecule has 0 bridgehead atoms. The second kappa shape index (κ2) is 9.49. The van der Waals surface area contributed by atoms with Gasteiger partial charge in [0.15, 0.2) is 0 Å². The molecule has 0 aliphatic carbocycles. The van der Waals surface area contributed by atoms with E-state index in [4.69, 9.17) is 4.74 Å². The zero-order chi connectivity index (χ0) is 22.6. The normalized spacial score (nSPS) is 14.2. The smallest absolute Gasteiger partial charge is 0.242 e. The minimum Gasteiger partial charge on any atom is -0.496 e. The molecule has 1 fully saturated rings. The number of sulfonamides is 1. The van der Waals surface area contributed by atoms with Crippen LogP contribution in [0.25, 0.3) is 0 Å². The summed E-state index contributed by atoms with van der Waals surface area (Å²) >= 11 is 0. The first-order valence-electron chi connectivity index (χ1n) is 10.0. The van der Waals surface area contributed by atoms with Gasteiger partial charge in [0, 0.05) is 44.9 Å². The molecule has 1 aliphatic rings. The van der Waals surface area contributed by atoms with Gasteiger partial charge in [0.2, 0.25) is 21.8 Å². The van der Waals surface area contributed by atoms with E-state index in [1.807, 2.05) is 12.1 Å². The highest BCUT2D eigenvalue weighted by molar-refractivity contribution is 7.89. The average molecular weight is 446 g/mol. The molecule has 1 N–H and O–H groups in total. The predicted octanol–water partition coefficient (Wildman–Crippen LogP) is 2.64. The molecule has 2 aromatic rings. The van der Waals surface area contributed by atoms with Gasteiger partial charge >= 0.3 is 0 Å². The fourth-order valence-electron chi connectivity index (χ4n) is 3.44. The van der Waals surface area contributed by atoms with Gasteiger partial charge in [-0.2, -0.15) is 0 Å². The van der Waals surface area contributed by atoms with Crippen LogP contribution in [-0.4, -0.2) is 52.3 Å². The SMILES string of the molecule is COc1ccc(S(=O)(=O)N(C)C)cc1CCC(=O)Nc1ccc(N2CCCC2=O)cc1. The van der Waals surface area contributed by atoms with Crippen LogP contribution in [0.15, 0.2) is 47.4 Å². The minimum atomic E-state index is -3.58. The molecule has 0 spiro atoms. The molecule has 166 valence electrons. The van der Waals surface area contributed by atoms with Crippen LogP contribution in [0.2, 0.25) is 0 Å². The van der Waals surface area contributed by atoms with Gasteiger partial charge in [0.05, 0.1) is 12.0 Å². The van der Waals surface area contributed by atoms with Gasteiger partial charge in [-0.05, 0) is 60.9 Å². The number of nitrogens with one attached hydrogen (secondary N) is 1. The van der Waals surface area contributed by atoms with Crippen molar-refractivity contribution in [2.45, 2.75) is 30.6 Å². The number of benzene rings is 2. The van der Waals surface area contributed by atoms with Gasteiger partial charge < -0.3 is 15.0 Å². The van der Waals surface area contributed by atoms with E-state index in [-0.39, 0.29) is 23.1 Å². The third-order valence-corrected chi connectivity index (χ3v) is 7.00. The summed E-state index contributed by atoms with van der Waals surface area (Å²) in [6.45, 7) is 0.717. The number of carbonyl (C=O) groups is 2. The summed E-state index contributed by atoms with van der Waals surface area (Å²) in [6.07, 6.45) is 1.91. The first-order chi connectivity index (χ1) is 14.7. The van der Waals surface area contributed by atoms with E-state index in [2.05, 4.69) is 5.32 Å². The first kappa shape index (κ1) is 22.8. The average Bonchev–Trinajstić information content (AvgIpc) is 3.18. The molecule has 0 aromatic heterocycles. The molecular weight excluding hydrogens is 418 g/mol. The summed E-state index contributed by atoms with van der Waals surface area (Å²) in [5.74, 6) is 0.447. The molecule has 0 unspecified atom stereocenters. The lowest BCUT2D eigenvalue weighted by Crippen LogP contribution is -2.23. The summed E-state index contributed by atoms with van der Waals surface area (Å²) in [7, 11) is 0.868. The molecule has 1 aliphatic heterocycles. The number of hydrogen-bond acceptors (Lipinski definition) is 5. The number of hydrogen-bond donors (Lipinski definition) is 1. The zero-order valence-electron chi connectivity index (χ0n) is 17.9. The van der Waals surface area contributed by atoms with E-state index < -0.39 is 10.0 Å². The molecule has 0 atom stereocenters. The predicted molar refractivity (Wildman–Crippen MR) is 119 cm³/mol. The van der Waals surface area contributed by atoms with Crippen molar-refractivity contribution in [1.82, 2.24) is 4.31 Å². The van der Waals surface area contributed by atoms with Crippen LogP contribution in [0.3, 0.4) is 0 Å². The van der Waals surface area contributed by atoms with Crippen LogP contribution in [0.1, 0.15) is 24.8 Å². The molecule has 0 radical (unpaired) electrons. The number of nitrogens with zero attached hydrogens (tertiary/aromatic N) is 2. The number of amides is 2. The summed E-state index contributed by atoms with van der Waals surface area (Å²) in [5.41, 5.74) is 2.10. The molecule has 9 heteroatoms. The second-order valence-electron chi connectivity index (χ2n) is 7.51. The Morgan fingerprint density at radius 1 is 1.16 bits per heavy atom. The molecular formula is C22H27N3O5S. The molecule has 8 nitrogen and oxygen atoms in total. The topological polar surface area (TPSA) is 96.0 Å². The number of anilines is 2. The van der Waals surface area contributed by atoms with E-state index in [1.165, 1.54) is 27.3 Å². The van der Waals surface area contributed by atoms with Crippen molar-refractivity contribution in [3.63, 3.8) is 0 Å². The largest absolute Gasteiger partial charge is 0.496 e. The Balaban J connectivity index is 1.64. The van der Waals surface area contributed by atoms with Gasteiger partial charge in [-0.25, -0.2) is 12.7 Å². The Morgan fingerprint density at radius 2 is 1.87 bits per heavy atom. The van der Waals surface area contributed by atoms with Gasteiger partial charge in [-0.1, -0.05) is 0 Å². The monoisotopic (exact) mass is 445 g/mol. The van der Waals surface area contributed by atoms with Crippen LogP contribution in [0, 0.1) is 0 Å². The van der Waals surface area contributed by atoms with Crippen LogP contribution in [0.4, 0.5) is 11.4 Å². The first-order valence-corrected chi connectivity index (χ1v) is 11.5. The van der Waals surface area contributed by atoms with Crippen molar-refractivity contribution in [2.24, 2.45) is 0 Å². The lowest BCUT2D eigenvalue weighted by molar-refractivity contribution is -0.117. The van der Waals surface area contributed by atoms with Crippen LogP contribution in [-0.2, 0) is 26.0 Å². The molecule has 3 rings (SSSR count). The maximum absolute atomic E-state index is 12.4. The third-order valence-electron chi connectivity index (χ3n) is 5.19. The number of ether oxygens (including phenoxy) is 1. The highest BCUT2D eigenvalue weighted by Crippen LogP contribution is 2.26. The standard InChI is InChI=1S/C22H27N3O5S/c1-24(2)31(28,29)19-11-12-20(30-3)16(15-19)6-13-21(26)23-17-7-9-18(10-8-17)25-14-4-5-22(25)27/h7-12,15H,4-6,13-14H2,1-3H3,(H,23,26). The maximum atomic E-state index is 12.4. The number of rotatable bonds is 8. The maximum Gasteiger partial charge on any atom is 0.242 e. The third kappa shape index (κ3) is 5.23. The van der Waals surface area contributed by atoms with Crippen molar-refractivity contribution in [1.29, 1.82) is 0 Å². The molecule has 31 heavy (non-hydrogen) atoms. The Morgan fingerprint density at radius 3 is 2.45 bits per heavy atom. The quantitative estimate of drug-likeness (QED) is 0.674. The highest BCUT2D eigenvalue weighted by atomic mass is 32.2. The van der Waals surface area contributed by atoms with Crippen LogP contribution in [0.5, 0.6) is 5.75 Å². The Bertz CT molecular complexity index is 1070. The zero-order valence-corrected chi connectivity index (χ0v) is 18.7. The van der Waals surface area contributed by atoms with Crippen molar-refractivity contribution >= 4 is 33.2 Å². The van der Waals surface area contributed by atoms with E-state index in [9.17, 15) is 18.0 Å².